The molecule has 2 rings (SSSR count). The summed E-state index contributed by atoms with van der Waals surface area (Å²) in [6.45, 7) is 0.644. The molecule has 17 heteroatoms. The monoisotopic (exact) mass is 513 g/mol. The maximum atomic E-state index is 13.7. The molecule has 0 aliphatic carbocycles. The van der Waals surface area contributed by atoms with Gasteiger partial charge in [0, 0.05) is 12.5 Å². The van der Waals surface area contributed by atoms with Crippen LogP contribution in [0.5, 0.6) is 0 Å². The lowest BCUT2D eigenvalue weighted by Crippen LogP contribution is -2.69. The van der Waals surface area contributed by atoms with E-state index < -0.39 is 57.1 Å². The Kier molecular flexibility index (Phi) is 6.56. The van der Waals surface area contributed by atoms with Crippen LogP contribution in [0.4, 0.5) is 44.6 Å². The molecule has 0 aliphatic rings. The summed E-state index contributed by atoms with van der Waals surface area (Å²) in [5, 5.41) is 11.6. The molecule has 0 saturated heterocycles. The van der Waals surface area contributed by atoms with Crippen molar-refractivity contribution in [3.8, 4) is 0 Å². The van der Waals surface area contributed by atoms with Gasteiger partial charge in [-0.2, -0.15) is 39.5 Å². The Labute approximate surface area is 181 Å². The van der Waals surface area contributed by atoms with Gasteiger partial charge in [0.1, 0.15) is 0 Å². The van der Waals surface area contributed by atoms with Crippen molar-refractivity contribution in [2.24, 2.45) is 0 Å². The molecule has 0 fully saturated rings. The number of halogens is 9. The van der Waals surface area contributed by atoms with Crippen LogP contribution >= 0.6 is 11.3 Å². The van der Waals surface area contributed by atoms with Crippen LogP contribution in [-0.4, -0.2) is 53.3 Å². The molecule has 2 aromatic rings. The Balaban J connectivity index is 2.64. The number of benzene rings is 1. The number of aliphatic hydroxyl groups is 1. The summed E-state index contributed by atoms with van der Waals surface area (Å²) in [7, 11) is 0.575. The first-order chi connectivity index (χ1) is 14.8. The summed E-state index contributed by atoms with van der Waals surface area (Å²) in [5.74, 6) is -3.37. The lowest BCUT2D eigenvalue weighted by atomic mass is 9.92. The van der Waals surface area contributed by atoms with Crippen LogP contribution in [0.25, 0.3) is 10.2 Å². The van der Waals surface area contributed by atoms with Crippen LogP contribution in [0, 0.1) is 0 Å². The van der Waals surface area contributed by atoms with E-state index in [0.29, 0.717) is 20.1 Å². The number of hydrogen-bond acceptors (Lipinski definition) is 7. The van der Waals surface area contributed by atoms with E-state index >= 15 is 0 Å². The number of amides is 1. The molecule has 0 unspecified atom stereocenters. The van der Waals surface area contributed by atoms with Gasteiger partial charge in [0.2, 0.25) is 5.91 Å². The molecule has 3 N–H and O–H groups in total. The van der Waals surface area contributed by atoms with Gasteiger partial charge in [-0.25, -0.2) is 9.78 Å². The molecular formula is C16H12F9N3O4S. The highest BCUT2D eigenvalue weighted by molar-refractivity contribution is 7.22. The van der Waals surface area contributed by atoms with Crippen molar-refractivity contribution in [1.29, 1.82) is 0 Å². The summed E-state index contributed by atoms with van der Waals surface area (Å²) >= 11 is 0.120. The fourth-order valence-corrected chi connectivity index (χ4v) is 3.62. The predicted molar refractivity (Wildman–Crippen MR) is 93.9 cm³/mol. The molecule has 0 bridgehead atoms. The Morgan fingerprint density at radius 2 is 1.55 bits per heavy atom. The molecule has 7 nitrogen and oxygen atoms in total. The number of nitrogens with one attached hydrogen (secondary N) is 2. The number of esters is 1. The predicted octanol–water partition coefficient (Wildman–Crippen LogP) is 3.59. The third-order valence-electron chi connectivity index (χ3n) is 4.20. The summed E-state index contributed by atoms with van der Waals surface area (Å²) in [5.41, 5.74) is -11.2. The number of ether oxygens (including phenoxy) is 1. The molecule has 1 amide bonds. The van der Waals surface area contributed by atoms with Gasteiger partial charge >= 0.3 is 30.2 Å². The minimum Gasteiger partial charge on any atom is -0.466 e. The van der Waals surface area contributed by atoms with Crippen molar-refractivity contribution < 1.29 is 58.9 Å². The van der Waals surface area contributed by atoms with E-state index in [2.05, 4.69) is 9.72 Å². The van der Waals surface area contributed by atoms with Crippen LogP contribution in [0.2, 0.25) is 0 Å². The molecular weight excluding hydrogens is 501 g/mol. The second kappa shape index (κ2) is 8.19. The third kappa shape index (κ3) is 4.50. The molecule has 0 spiro atoms. The van der Waals surface area contributed by atoms with E-state index in [1.165, 1.54) is 5.32 Å². The van der Waals surface area contributed by atoms with E-state index in [0.717, 1.165) is 0 Å². The summed E-state index contributed by atoms with van der Waals surface area (Å²) in [6.07, 6.45) is -17.9. The van der Waals surface area contributed by atoms with E-state index in [4.69, 9.17) is 0 Å². The highest BCUT2D eigenvalue weighted by atomic mass is 32.1. The summed E-state index contributed by atoms with van der Waals surface area (Å²) in [6, 6.07) is 1.09. The smallest absolute Gasteiger partial charge is 0.442 e. The molecule has 1 heterocycles. The van der Waals surface area contributed by atoms with Crippen LogP contribution in [0.15, 0.2) is 18.2 Å². The number of thiazole rings is 1. The van der Waals surface area contributed by atoms with Gasteiger partial charge in [-0.3, -0.25) is 4.79 Å². The molecule has 1 aromatic carbocycles. The number of hydrogen-bond donors (Lipinski definition) is 3. The number of carbonyl (C=O) groups excluding carboxylic acids is 2. The minimum atomic E-state index is -6.19. The van der Waals surface area contributed by atoms with E-state index in [9.17, 15) is 54.2 Å². The molecule has 0 radical (unpaired) electrons. The molecule has 184 valence electrons. The third-order valence-corrected chi connectivity index (χ3v) is 5.14. The Bertz CT molecular complexity index is 1050. The average molecular weight is 513 g/mol. The number of anilines is 1. The van der Waals surface area contributed by atoms with E-state index in [1.54, 1.807) is 5.32 Å². The van der Waals surface area contributed by atoms with Gasteiger partial charge in [-0.05, 0) is 12.1 Å². The molecule has 0 saturated carbocycles. The molecule has 33 heavy (non-hydrogen) atoms. The van der Waals surface area contributed by atoms with Gasteiger partial charge in [-0.15, -0.1) is 0 Å². The van der Waals surface area contributed by atoms with Gasteiger partial charge < -0.3 is 20.5 Å². The van der Waals surface area contributed by atoms with Crippen LogP contribution in [0.1, 0.15) is 12.5 Å². The number of fused-ring (bicyclic) bond motifs is 1. The second-order valence-electron chi connectivity index (χ2n) is 6.45. The standard InChI is InChI=1S/C16H12F9N3O4S/c1-6(29)27-13(10(30)32-2,16(23,24)25)28-11-26-8-4-3-7(5-9(8)33-11)12(31,14(17,18)19)15(20,21)22/h3-5,31H,1-2H3,(H,26,28)(H,27,29)/t13-/m1/s1. The lowest BCUT2D eigenvalue weighted by molar-refractivity contribution is -0.376. The van der Waals surface area contributed by atoms with Crippen LogP contribution in [-0.2, 0) is 19.9 Å². The number of rotatable bonds is 5. The van der Waals surface area contributed by atoms with Crippen molar-refractivity contribution in [3.63, 3.8) is 0 Å². The topological polar surface area (TPSA) is 101 Å². The SMILES string of the molecule is COC(=O)[C@@](NC(C)=O)(Nc1nc2ccc(C(O)(C(F)(F)F)C(F)(F)F)cc2s1)C(F)(F)F. The average Bonchev–Trinajstić information content (AvgIpc) is 3.04. The highest BCUT2D eigenvalue weighted by Gasteiger charge is 2.71. The zero-order valence-corrected chi connectivity index (χ0v) is 17.0. The Hall–Kier alpha value is -2.82. The first kappa shape index (κ1) is 26.4. The summed E-state index contributed by atoms with van der Waals surface area (Å²) in [4.78, 5) is 26.8. The maximum absolute atomic E-state index is 13.7. The van der Waals surface area contributed by atoms with E-state index in [1.807, 2.05) is 0 Å². The van der Waals surface area contributed by atoms with Gasteiger partial charge in [0.15, 0.2) is 5.13 Å². The zero-order valence-electron chi connectivity index (χ0n) is 16.2. The largest absolute Gasteiger partial charge is 0.466 e. The number of alkyl halides is 9. The highest BCUT2D eigenvalue weighted by Crippen LogP contribution is 2.50. The fourth-order valence-electron chi connectivity index (χ4n) is 2.66. The summed E-state index contributed by atoms with van der Waals surface area (Å²) < 4.78 is 123. The fraction of sp³-hybridized carbons (Fsp3) is 0.438. The second-order valence-corrected chi connectivity index (χ2v) is 7.48. The van der Waals surface area contributed by atoms with Crippen molar-refractivity contribution in [3.05, 3.63) is 23.8 Å². The van der Waals surface area contributed by atoms with Crippen LogP contribution < -0.4 is 10.6 Å². The van der Waals surface area contributed by atoms with Gasteiger partial charge in [0.05, 0.1) is 17.3 Å². The zero-order chi connectivity index (χ0) is 25.6. The van der Waals surface area contributed by atoms with Crippen molar-refractivity contribution in [2.75, 3.05) is 12.4 Å². The number of carbonyl (C=O) groups is 2. The lowest BCUT2D eigenvalue weighted by Gasteiger charge is -2.33. The maximum Gasteiger partial charge on any atom is 0.442 e. The number of nitrogens with zero attached hydrogens (tertiary/aromatic N) is 1. The number of aromatic nitrogens is 1. The van der Waals surface area contributed by atoms with Crippen molar-refractivity contribution >= 4 is 38.6 Å². The number of methoxy groups -OCH3 is 1. The van der Waals surface area contributed by atoms with E-state index in [-0.39, 0.29) is 29.0 Å². The first-order valence-corrected chi connectivity index (χ1v) is 9.11. The van der Waals surface area contributed by atoms with Crippen molar-refractivity contribution in [2.45, 2.75) is 36.7 Å². The van der Waals surface area contributed by atoms with Gasteiger partial charge in [0.25, 0.3) is 5.60 Å². The Morgan fingerprint density at radius 3 is 1.97 bits per heavy atom. The molecule has 1 aromatic heterocycles. The minimum absolute atomic E-state index is 0.120. The van der Waals surface area contributed by atoms with Crippen LogP contribution in [0.3, 0.4) is 0 Å². The molecule has 1 atom stereocenters. The molecule has 0 aliphatic heterocycles. The normalized spacial score (nSPS) is 15.2. The first-order valence-electron chi connectivity index (χ1n) is 8.29. The Morgan fingerprint density at radius 1 is 1.00 bits per heavy atom. The van der Waals surface area contributed by atoms with Crippen molar-refractivity contribution in [1.82, 2.24) is 10.3 Å². The quantitative estimate of drug-likeness (QED) is 0.321. The van der Waals surface area contributed by atoms with Gasteiger partial charge in [-0.1, -0.05) is 17.4 Å².